The molecule has 3 heterocycles. The molecule has 2 aromatic heterocycles. The SMILES string of the molecule is COc1cccc(-c2noc(C3=C(C)N(Cc4ccco4)C(=O)NC3c3ccc(OC)c(O)c3)n2)c1. The first-order valence-corrected chi connectivity index (χ1v) is 11.1. The zero-order valence-electron chi connectivity index (χ0n) is 19.9. The smallest absolute Gasteiger partial charge is 0.322 e. The number of aromatic hydroxyl groups is 1. The Morgan fingerprint density at radius 1 is 1.11 bits per heavy atom. The van der Waals surface area contributed by atoms with Crippen molar-refractivity contribution in [3.05, 3.63) is 83.8 Å². The molecule has 4 aromatic rings. The van der Waals surface area contributed by atoms with Gasteiger partial charge in [-0.3, -0.25) is 4.90 Å². The highest BCUT2D eigenvalue weighted by Gasteiger charge is 2.36. The number of allylic oxidation sites excluding steroid dienone is 1. The third-order valence-corrected chi connectivity index (χ3v) is 6.01. The number of carbonyl (C=O) groups is 1. The van der Waals surface area contributed by atoms with Gasteiger partial charge in [-0.25, -0.2) is 4.79 Å². The van der Waals surface area contributed by atoms with E-state index >= 15 is 0 Å². The van der Waals surface area contributed by atoms with E-state index in [1.165, 1.54) is 7.11 Å². The molecule has 0 radical (unpaired) electrons. The molecule has 1 aliphatic rings. The molecule has 1 unspecified atom stereocenters. The number of aromatic nitrogens is 2. The number of phenolic OH excluding ortho intramolecular Hbond substituents is 1. The van der Waals surface area contributed by atoms with Crippen molar-refractivity contribution in [1.29, 1.82) is 0 Å². The van der Waals surface area contributed by atoms with Crippen LogP contribution in [0.25, 0.3) is 17.0 Å². The quantitative estimate of drug-likeness (QED) is 0.382. The average Bonchev–Trinajstić information content (AvgIpc) is 3.59. The molecule has 0 fully saturated rings. The number of benzene rings is 2. The summed E-state index contributed by atoms with van der Waals surface area (Å²) in [7, 11) is 3.06. The minimum absolute atomic E-state index is 0.0538. The van der Waals surface area contributed by atoms with Gasteiger partial charge in [-0.2, -0.15) is 4.98 Å². The maximum absolute atomic E-state index is 13.2. The zero-order valence-corrected chi connectivity index (χ0v) is 19.9. The fourth-order valence-corrected chi connectivity index (χ4v) is 4.16. The molecule has 0 saturated heterocycles. The lowest BCUT2D eigenvalue weighted by Gasteiger charge is -2.34. The van der Waals surface area contributed by atoms with Crippen LogP contribution in [0.15, 0.2) is 75.5 Å². The third kappa shape index (κ3) is 4.24. The second-order valence-corrected chi connectivity index (χ2v) is 8.13. The molecular weight excluding hydrogens is 464 g/mol. The third-order valence-electron chi connectivity index (χ3n) is 6.01. The van der Waals surface area contributed by atoms with Crippen molar-refractivity contribution >= 4 is 11.6 Å². The number of phenols is 1. The van der Waals surface area contributed by atoms with Crippen molar-refractivity contribution in [3.63, 3.8) is 0 Å². The number of hydrogen-bond donors (Lipinski definition) is 2. The van der Waals surface area contributed by atoms with E-state index < -0.39 is 6.04 Å². The van der Waals surface area contributed by atoms with Crippen LogP contribution in [-0.2, 0) is 6.54 Å². The standard InChI is InChI=1S/C26H24N4O6/c1-15-22(25-28-24(29-36-25)17-6-4-7-18(12-17)33-2)23(16-9-10-21(34-3)20(31)13-16)27-26(32)30(15)14-19-8-5-11-35-19/h4-13,23,31H,14H2,1-3H3,(H,27,32). The maximum Gasteiger partial charge on any atom is 0.322 e. The minimum atomic E-state index is -0.666. The van der Waals surface area contributed by atoms with E-state index in [1.807, 2.05) is 25.1 Å². The summed E-state index contributed by atoms with van der Waals surface area (Å²) in [5.74, 6) is 2.15. The predicted molar refractivity (Wildman–Crippen MR) is 129 cm³/mol. The second-order valence-electron chi connectivity index (χ2n) is 8.13. The first-order valence-electron chi connectivity index (χ1n) is 11.1. The lowest BCUT2D eigenvalue weighted by molar-refractivity contribution is 0.199. The number of urea groups is 1. The lowest BCUT2D eigenvalue weighted by Crippen LogP contribution is -2.45. The molecule has 2 aromatic carbocycles. The van der Waals surface area contributed by atoms with Gasteiger partial charge in [0.15, 0.2) is 11.5 Å². The number of nitrogens with one attached hydrogen (secondary N) is 1. The highest BCUT2D eigenvalue weighted by molar-refractivity contribution is 5.87. The Morgan fingerprint density at radius 2 is 1.97 bits per heavy atom. The van der Waals surface area contributed by atoms with Gasteiger partial charge in [-0.1, -0.05) is 23.4 Å². The van der Waals surface area contributed by atoms with E-state index in [0.29, 0.717) is 45.5 Å². The second kappa shape index (κ2) is 9.49. The Labute approximate surface area is 206 Å². The van der Waals surface area contributed by atoms with Crippen molar-refractivity contribution in [2.75, 3.05) is 14.2 Å². The minimum Gasteiger partial charge on any atom is -0.504 e. The molecule has 5 rings (SSSR count). The summed E-state index contributed by atoms with van der Waals surface area (Å²) < 4.78 is 21.6. The van der Waals surface area contributed by atoms with Crippen LogP contribution in [0.4, 0.5) is 4.79 Å². The monoisotopic (exact) mass is 488 g/mol. The molecule has 0 saturated carbocycles. The Balaban J connectivity index is 1.60. The fourth-order valence-electron chi connectivity index (χ4n) is 4.16. The van der Waals surface area contributed by atoms with Crippen LogP contribution in [0.1, 0.15) is 30.2 Å². The van der Waals surface area contributed by atoms with Gasteiger partial charge in [0.1, 0.15) is 11.5 Å². The summed E-state index contributed by atoms with van der Waals surface area (Å²) in [6, 6.07) is 14.8. The van der Waals surface area contributed by atoms with E-state index in [9.17, 15) is 9.90 Å². The molecule has 10 heteroatoms. The van der Waals surface area contributed by atoms with Crippen molar-refractivity contribution in [1.82, 2.24) is 20.4 Å². The zero-order chi connectivity index (χ0) is 25.2. The van der Waals surface area contributed by atoms with Gasteiger partial charge in [0, 0.05) is 11.3 Å². The Morgan fingerprint density at radius 3 is 2.69 bits per heavy atom. The van der Waals surface area contributed by atoms with Gasteiger partial charge in [-0.05, 0) is 48.9 Å². The number of methoxy groups -OCH3 is 2. The molecule has 1 aliphatic heterocycles. The van der Waals surface area contributed by atoms with E-state index in [0.717, 1.165) is 0 Å². The molecule has 10 nitrogen and oxygen atoms in total. The Hall–Kier alpha value is -4.73. The average molecular weight is 489 g/mol. The van der Waals surface area contributed by atoms with Crippen LogP contribution in [0, 0.1) is 0 Å². The number of hydrogen-bond acceptors (Lipinski definition) is 8. The number of rotatable bonds is 7. The van der Waals surface area contributed by atoms with Crippen LogP contribution >= 0.6 is 0 Å². The molecule has 0 aliphatic carbocycles. The van der Waals surface area contributed by atoms with Gasteiger partial charge < -0.3 is 28.8 Å². The largest absolute Gasteiger partial charge is 0.504 e. The molecule has 184 valence electrons. The van der Waals surface area contributed by atoms with Crippen LogP contribution in [0.3, 0.4) is 0 Å². The maximum atomic E-state index is 13.2. The van der Waals surface area contributed by atoms with E-state index in [2.05, 4.69) is 15.5 Å². The summed E-state index contributed by atoms with van der Waals surface area (Å²) in [5, 5.41) is 17.6. The predicted octanol–water partition coefficient (Wildman–Crippen LogP) is 4.75. The Kier molecular flexibility index (Phi) is 6.07. The summed E-state index contributed by atoms with van der Waals surface area (Å²) >= 11 is 0. The van der Waals surface area contributed by atoms with Crippen molar-refractivity contribution in [2.45, 2.75) is 19.5 Å². The van der Waals surface area contributed by atoms with Crippen LogP contribution in [0.2, 0.25) is 0 Å². The van der Waals surface area contributed by atoms with Gasteiger partial charge >= 0.3 is 6.03 Å². The highest BCUT2D eigenvalue weighted by atomic mass is 16.5. The van der Waals surface area contributed by atoms with Gasteiger partial charge in [0.25, 0.3) is 5.89 Å². The van der Waals surface area contributed by atoms with Crippen LogP contribution in [0.5, 0.6) is 17.2 Å². The number of ether oxygens (including phenoxy) is 2. The molecule has 2 amide bonds. The summed E-state index contributed by atoms with van der Waals surface area (Å²) in [4.78, 5) is 19.4. The summed E-state index contributed by atoms with van der Waals surface area (Å²) in [6.45, 7) is 2.02. The number of carbonyl (C=O) groups excluding carboxylic acids is 1. The van der Waals surface area contributed by atoms with Gasteiger partial charge in [-0.15, -0.1) is 0 Å². The van der Waals surface area contributed by atoms with E-state index in [1.54, 1.807) is 54.7 Å². The molecule has 2 N–H and O–H groups in total. The lowest BCUT2D eigenvalue weighted by atomic mass is 9.94. The molecule has 1 atom stereocenters. The van der Waals surface area contributed by atoms with Crippen LogP contribution < -0.4 is 14.8 Å². The fraction of sp³-hybridized carbons (Fsp3) is 0.192. The van der Waals surface area contributed by atoms with Gasteiger partial charge in [0.05, 0.1) is 38.6 Å². The molecular formula is C26H24N4O6. The van der Waals surface area contributed by atoms with Crippen molar-refractivity contribution in [3.8, 4) is 28.6 Å². The normalized spacial score (nSPS) is 15.7. The van der Waals surface area contributed by atoms with Gasteiger partial charge in [0.2, 0.25) is 5.82 Å². The summed E-state index contributed by atoms with van der Waals surface area (Å²) in [6.07, 6.45) is 1.55. The summed E-state index contributed by atoms with van der Waals surface area (Å²) in [5.41, 5.74) is 2.53. The number of nitrogens with zero attached hydrogens (tertiary/aromatic N) is 3. The highest BCUT2D eigenvalue weighted by Crippen LogP contribution is 2.40. The number of furan rings is 1. The Bertz CT molecular complexity index is 1430. The van der Waals surface area contributed by atoms with Crippen molar-refractivity contribution in [2.24, 2.45) is 0 Å². The van der Waals surface area contributed by atoms with Crippen molar-refractivity contribution < 1.29 is 28.3 Å². The first-order chi connectivity index (χ1) is 17.5. The molecule has 0 bridgehead atoms. The molecule has 0 spiro atoms. The van der Waals surface area contributed by atoms with Crippen LogP contribution in [-0.4, -0.2) is 40.4 Å². The first kappa shape index (κ1) is 23.0. The van der Waals surface area contributed by atoms with E-state index in [4.69, 9.17) is 18.4 Å². The number of amides is 2. The van der Waals surface area contributed by atoms with E-state index in [-0.39, 0.29) is 24.2 Å². The topological polar surface area (TPSA) is 123 Å². The molecule has 36 heavy (non-hydrogen) atoms.